The lowest BCUT2D eigenvalue weighted by atomic mass is 10.2. The van der Waals surface area contributed by atoms with Crippen molar-refractivity contribution in [1.82, 2.24) is 0 Å². The van der Waals surface area contributed by atoms with Crippen LogP contribution in [0.15, 0.2) is 23.1 Å². The van der Waals surface area contributed by atoms with Crippen LogP contribution in [0.2, 0.25) is 0 Å². The van der Waals surface area contributed by atoms with E-state index in [-0.39, 0.29) is 11.2 Å². The topological polar surface area (TPSA) is 46.3 Å². The van der Waals surface area contributed by atoms with Gasteiger partial charge in [0.2, 0.25) is 5.91 Å². The normalized spacial score (nSPS) is 19.3. The van der Waals surface area contributed by atoms with Gasteiger partial charge in [0, 0.05) is 17.1 Å². The minimum absolute atomic E-state index is 0.0534. The first-order valence-corrected chi connectivity index (χ1v) is 6.92. The van der Waals surface area contributed by atoms with Crippen LogP contribution in [-0.4, -0.2) is 17.7 Å². The Morgan fingerprint density at radius 3 is 2.82 bits per heavy atom. The highest BCUT2D eigenvalue weighted by Crippen LogP contribution is 2.41. The predicted molar refractivity (Wildman–Crippen MR) is 73.4 cm³/mol. The second-order valence-electron chi connectivity index (χ2n) is 4.23. The Bertz CT molecular complexity index is 433. The van der Waals surface area contributed by atoms with Gasteiger partial charge >= 0.3 is 0 Å². The smallest absolute Gasteiger partial charge is 0.240 e. The molecule has 0 fully saturated rings. The van der Waals surface area contributed by atoms with Gasteiger partial charge in [-0.2, -0.15) is 0 Å². The number of anilines is 2. The van der Waals surface area contributed by atoms with Gasteiger partial charge in [-0.1, -0.05) is 13.8 Å². The van der Waals surface area contributed by atoms with Crippen LogP contribution in [0, 0.1) is 0 Å². The van der Waals surface area contributed by atoms with Gasteiger partial charge in [-0.05, 0) is 31.0 Å². The molecule has 4 heteroatoms. The number of thioether (sulfide) groups is 1. The molecule has 1 unspecified atom stereocenters. The molecular formula is C13H18N2OS. The number of carbonyl (C=O) groups is 1. The van der Waals surface area contributed by atoms with E-state index in [4.69, 9.17) is 5.73 Å². The van der Waals surface area contributed by atoms with Crippen molar-refractivity contribution in [3.05, 3.63) is 18.2 Å². The highest BCUT2D eigenvalue weighted by molar-refractivity contribution is 8.01. The lowest BCUT2D eigenvalue weighted by Gasteiger charge is -2.33. The molecule has 1 amide bonds. The summed E-state index contributed by atoms with van der Waals surface area (Å²) in [4.78, 5) is 15.3. The van der Waals surface area contributed by atoms with Gasteiger partial charge in [0.25, 0.3) is 0 Å². The standard InChI is InChI=1S/C13H18N2OS/c1-3-7-15-10-8-9(14)5-6-12(10)17-11(4-2)13(15)16/h5-6,8,11H,3-4,7,14H2,1-2H3. The summed E-state index contributed by atoms with van der Waals surface area (Å²) < 4.78 is 0. The molecule has 0 radical (unpaired) electrons. The number of rotatable bonds is 3. The lowest BCUT2D eigenvalue weighted by molar-refractivity contribution is -0.118. The number of nitrogen functional groups attached to an aromatic ring is 1. The summed E-state index contributed by atoms with van der Waals surface area (Å²) in [7, 11) is 0. The molecule has 0 aromatic heterocycles. The van der Waals surface area contributed by atoms with Crippen molar-refractivity contribution in [3.8, 4) is 0 Å². The molecule has 3 nitrogen and oxygen atoms in total. The van der Waals surface area contributed by atoms with Gasteiger partial charge in [0.05, 0.1) is 10.9 Å². The van der Waals surface area contributed by atoms with E-state index >= 15 is 0 Å². The summed E-state index contributed by atoms with van der Waals surface area (Å²) in [5.41, 5.74) is 7.50. The summed E-state index contributed by atoms with van der Waals surface area (Å²) >= 11 is 1.66. The Balaban J connectivity index is 2.43. The average Bonchev–Trinajstić information content (AvgIpc) is 2.33. The predicted octanol–water partition coefficient (Wildman–Crippen LogP) is 2.90. The van der Waals surface area contributed by atoms with Crippen LogP contribution in [-0.2, 0) is 4.79 Å². The molecule has 1 aromatic carbocycles. The highest BCUT2D eigenvalue weighted by atomic mass is 32.2. The molecular weight excluding hydrogens is 232 g/mol. The minimum atomic E-state index is 0.0534. The minimum Gasteiger partial charge on any atom is -0.399 e. The van der Waals surface area contributed by atoms with Crippen LogP contribution in [0.3, 0.4) is 0 Å². The van der Waals surface area contributed by atoms with Crippen molar-refractivity contribution in [2.45, 2.75) is 36.8 Å². The third kappa shape index (κ3) is 2.27. The molecule has 1 atom stereocenters. The third-order valence-electron chi connectivity index (χ3n) is 2.90. The molecule has 0 spiro atoms. The van der Waals surface area contributed by atoms with E-state index in [1.165, 1.54) is 4.90 Å². The van der Waals surface area contributed by atoms with Gasteiger partial charge in [-0.15, -0.1) is 11.8 Å². The molecule has 92 valence electrons. The first-order chi connectivity index (χ1) is 8.17. The molecule has 1 aromatic rings. The number of benzene rings is 1. The summed E-state index contributed by atoms with van der Waals surface area (Å²) in [6.07, 6.45) is 1.83. The van der Waals surface area contributed by atoms with Gasteiger partial charge in [-0.25, -0.2) is 0 Å². The van der Waals surface area contributed by atoms with E-state index < -0.39 is 0 Å². The van der Waals surface area contributed by atoms with E-state index in [0.29, 0.717) is 5.69 Å². The van der Waals surface area contributed by atoms with Crippen LogP contribution in [0.4, 0.5) is 11.4 Å². The Morgan fingerprint density at radius 2 is 2.18 bits per heavy atom. The van der Waals surface area contributed by atoms with Crippen molar-refractivity contribution in [1.29, 1.82) is 0 Å². The number of hydrogen-bond donors (Lipinski definition) is 1. The van der Waals surface area contributed by atoms with Gasteiger partial charge in [0.15, 0.2) is 0 Å². The summed E-state index contributed by atoms with van der Waals surface area (Å²) in [6, 6.07) is 5.83. The number of hydrogen-bond acceptors (Lipinski definition) is 3. The molecule has 0 bridgehead atoms. The van der Waals surface area contributed by atoms with Crippen molar-refractivity contribution >= 4 is 29.0 Å². The molecule has 17 heavy (non-hydrogen) atoms. The first-order valence-electron chi connectivity index (χ1n) is 6.05. The van der Waals surface area contributed by atoms with Crippen molar-refractivity contribution in [3.63, 3.8) is 0 Å². The molecule has 1 heterocycles. The van der Waals surface area contributed by atoms with Crippen LogP contribution in [0.25, 0.3) is 0 Å². The monoisotopic (exact) mass is 250 g/mol. The number of nitrogens with zero attached hydrogens (tertiary/aromatic N) is 1. The van der Waals surface area contributed by atoms with Crippen LogP contribution in [0.1, 0.15) is 26.7 Å². The quantitative estimate of drug-likeness (QED) is 0.839. The maximum Gasteiger partial charge on any atom is 0.240 e. The fourth-order valence-corrected chi connectivity index (χ4v) is 3.19. The van der Waals surface area contributed by atoms with Crippen LogP contribution in [0.5, 0.6) is 0 Å². The third-order valence-corrected chi connectivity index (χ3v) is 4.32. The van der Waals surface area contributed by atoms with Gasteiger partial charge in [0.1, 0.15) is 0 Å². The largest absolute Gasteiger partial charge is 0.399 e. The van der Waals surface area contributed by atoms with Crippen molar-refractivity contribution < 1.29 is 4.79 Å². The number of nitrogens with two attached hydrogens (primary N) is 1. The van der Waals surface area contributed by atoms with Crippen LogP contribution >= 0.6 is 11.8 Å². The Hall–Kier alpha value is -1.16. The molecule has 1 aliphatic rings. The van der Waals surface area contributed by atoms with E-state index in [9.17, 15) is 4.79 Å². The van der Waals surface area contributed by atoms with Gasteiger partial charge in [-0.3, -0.25) is 4.79 Å². The van der Waals surface area contributed by atoms with Crippen molar-refractivity contribution in [2.75, 3.05) is 17.2 Å². The molecule has 0 saturated heterocycles. The zero-order chi connectivity index (χ0) is 12.4. The molecule has 1 aliphatic heterocycles. The summed E-state index contributed by atoms with van der Waals surface area (Å²) in [5, 5.41) is 0.0534. The summed E-state index contributed by atoms with van der Waals surface area (Å²) in [6.45, 7) is 4.91. The average molecular weight is 250 g/mol. The SMILES string of the molecule is CCCN1C(=O)C(CC)Sc2ccc(N)cc21. The molecule has 2 rings (SSSR count). The van der Waals surface area contributed by atoms with E-state index in [0.717, 1.165) is 25.1 Å². The van der Waals surface area contributed by atoms with E-state index in [1.54, 1.807) is 11.8 Å². The zero-order valence-corrected chi connectivity index (χ0v) is 11.1. The number of fused-ring (bicyclic) bond motifs is 1. The second kappa shape index (κ2) is 5.00. The Morgan fingerprint density at radius 1 is 1.41 bits per heavy atom. The fraction of sp³-hybridized carbons (Fsp3) is 0.462. The highest BCUT2D eigenvalue weighted by Gasteiger charge is 2.31. The number of carbonyl (C=O) groups excluding carboxylic acids is 1. The Labute approximate surface area is 106 Å². The molecule has 2 N–H and O–H groups in total. The summed E-state index contributed by atoms with van der Waals surface area (Å²) in [5.74, 6) is 0.220. The second-order valence-corrected chi connectivity index (χ2v) is 5.48. The maximum atomic E-state index is 12.3. The van der Waals surface area contributed by atoms with Crippen LogP contribution < -0.4 is 10.6 Å². The maximum absolute atomic E-state index is 12.3. The van der Waals surface area contributed by atoms with E-state index in [1.807, 2.05) is 23.1 Å². The molecule has 0 saturated carbocycles. The van der Waals surface area contributed by atoms with E-state index in [2.05, 4.69) is 13.8 Å². The first kappa shape index (κ1) is 12.3. The van der Waals surface area contributed by atoms with Crippen molar-refractivity contribution in [2.24, 2.45) is 0 Å². The molecule has 0 aliphatic carbocycles. The van der Waals surface area contributed by atoms with Gasteiger partial charge < -0.3 is 10.6 Å². The number of amides is 1. The zero-order valence-electron chi connectivity index (χ0n) is 10.3. The Kier molecular flexibility index (Phi) is 3.62. The lowest BCUT2D eigenvalue weighted by Crippen LogP contribution is -2.41. The fourth-order valence-electron chi connectivity index (χ4n) is 2.05.